The van der Waals surface area contributed by atoms with Crippen LogP contribution in [0.3, 0.4) is 0 Å². The fourth-order valence-electron chi connectivity index (χ4n) is 1.96. The molecular weight excluding hydrogens is 281 g/mol. The summed E-state index contributed by atoms with van der Waals surface area (Å²) in [5.41, 5.74) is 0.808. The molecule has 0 fully saturated rings. The van der Waals surface area contributed by atoms with Gasteiger partial charge in [-0.05, 0) is 36.2 Å². The number of benzene rings is 2. The molecule has 0 aliphatic heterocycles. The van der Waals surface area contributed by atoms with Gasteiger partial charge in [0.1, 0.15) is 12.4 Å². The summed E-state index contributed by atoms with van der Waals surface area (Å²) < 4.78 is 43.4. The van der Waals surface area contributed by atoms with E-state index in [-0.39, 0.29) is 6.61 Å². The van der Waals surface area contributed by atoms with Crippen molar-refractivity contribution in [2.75, 3.05) is 0 Å². The highest BCUT2D eigenvalue weighted by Gasteiger charge is 2.30. The summed E-state index contributed by atoms with van der Waals surface area (Å²) in [6, 6.07) is 10.0. The summed E-state index contributed by atoms with van der Waals surface area (Å²) in [6.07, 6.45) is -3.72. The summed E-state index contributed by atoms with van der Waals surface area (Å²) >= 11 is 0. The largest absolute Gasteiger partial charge is 0.488 e. The molecule has 0 bridgehead atoms. The van der Waals surface area contributed by atoms with Crippen molar-refractivity contribution >= 4 is 6.29 Å². The molecule has 0 atom stereocenters. The van der Waals surface area contributed by atoms with Gasteiger partial charge in [-0.15, -0.1) is 0 Å². The van der Waals surface area contributed by atoms with Gasteiger partial charge >= 0.3 is 6.18 Å². The molecule has 0 aliphatic carbocycles. The number of rotatable bonds is 4. The van der Waals surface area contributed by atoms with Gasteiger partial charge < -0.3 is 4.74 Å². The Balaban J connectivity index is 2.19. The molecule has 0 unspecified atom stereocenters. The van der Waals surface area contributed by atoms with Crippen LogP contribution in [0.5, 0.6) is 5.75 Å². The van der Waals surface area contributed by atoms with Crippen LogP contribution in [0.2, 0.25) is 0 Å². The maximum Gasteiger partial charge on any atom is 0.416 e. The van der Waals surface area contributed by atoms with E-state index in [1.54, 1.807) is 31.2 Å². The van der Waals surface area contributed by atoms with Crippen molar-refractivity contribution in [1.29, 1.82) is 0 Å². The van der Waals surface area contributed by atoms with Crippen LogP contribution in [0.25, 0.3) is 0 Å². The molecule has 2 rings (SSSR count). The Labute approximate surface area is 120 Å². The van der Waals surface area contributed by atoms with Crippen LogP contribution in [0.15, 0.2) is 42.5 Å². The van der Waals surface area contributed by atoms with Crippen molar-refractivity contribution in [1.82, 2.24) is 0 Å². The average Bonchev–Trinajstić information content (AvgIpc) is 2.45. The van der Waals surface area contributed by atoms with Gasteiger partial charge in [-0.3, -0.25) is 4.79 Å². The zero-order valence-electron chi connectivity index (χ0n) is 11.3. The zero-order chi connectivity index (χ0) is 15.5. The molecule has 0 aromatic heterocycles. The Kier molecular flexibility index (Phi) is 4.31. The molecule has 110 valence electrons. The lowest BCUT2D eigenvalue weighted by atomic mass is 10.1. The maximum atomic E-state index is 12.6. The minimum Gasteiger partial charge on any atom is -0.488 e. The number of ether oxygens (including phenoxy) is 1. The highest BCUT2D eigenvalue weighted by molar-refractivity contribution is 5.80. The second-order valence-corrected chi connectivity index (χ2v) is 4.60. The van der Waals surface area contributed by atoms with Crippen molar-refractivity contribution in [2.45, 2.75) is 19.7 Å². The Hall–Kier alpha value is -2.30. The van der Waals surface area contributed by atoms with Gasteiger partial charge in [0.05, 0.1) is 11.1 Å². The molecule has 5 heteroatoms. The molecule has 2 aromatic carbocycles. The third-order valence-corrected chi connectivity index (χ3v) is 3.01. The quantitative estimate of drug-likeness (QED) is 0.781. The lowest BCUT2D eigenvalue weighted by molar-refractivity contribution is -0.137. The summed E-state index contributed by atoms with van der Waals surface area (Å²) in [4.78, 5) is 10.9. The van der Waals surface area contributed by atoms with E-state index in [4.69, 9.17) is 4.74 Å². The Morgan fingerprint density at radius 2 is 1.86 bits per heavy atom. The Bertz CT molecular complexity index is 648. The first-order valence-corrected chi connectivity index (χ1v) is 6.25. The van der Waals surface area contributed by atoms with Crippen molar-refractivity contribution in [3.63, 3.8) is 0 Å². The predicted molar refractivity (Wildman–Crippen MR) is 72.3 cm³/mol. The number of aldehydes is 1. The monoisotopic (exact) mass is 294 g/mol. The number of carbonyl (C=O) groups excluding carboxylic acids is 1. The number of para-hydroxylation sites is 1. The smallest absolute Gasteiger partial charge is 0.416 e. The maximum absolute atomic E-state index is 12.6. The van der Waals surface area contributed by atoms with E-state index in [1.165, 1.54) is 6.07 Å². The molecule has 0 heterocycles. The van der Waals surface area contributed by atoms with Gasteiger partial charge in [-0.1, -0.05) is 24.3 Å². The van der Waals surface area contributed by atoms with Crippen LogP contribution in [0, 0.1) is 6.92 Å². The minimum absolute atomic E-state index is 0.0321. The summed E-state index contributed by atoms with van der Waals surface area (Å²) in [7, 11) is 0. The standard InChI is InChI=1S/C16H13F3O2/c1-11-4-2-6-13(9-20)15(11)21-10-12-5-3-7-14(8-12)16(17,18)19/h2-9H,10H2,1H3. The normalized spacial score (nSPS) is 11.2. The van der Waals surface area contributed by atoms with Gasteiger partial charge in [0, 0.05) is 0 Å². The minimum atomic E-state index is -4.38. The fourth-order valence-corrected chi connectivity index (χ4v) is 1.96. The SMILES string of the molecule is Cc1cccc(C=O)c1OCc1cccc(C(F)(F)F)c1. The number of aryl methyl sites for hydroxylation is 1. The van der Waals surface area contributed by atoms with E-state index in [2.05, 4.69) is 0 Å². The molecule has 0 radical (unpaired) electrons. The van der Waals surface area contributed by atoms with Crippen molar-refractivity contribution < 1.29 is 22.7 Å². The third-order valence-electron chi connectivity index (χ3n) is 3.01. The zero-order valence-corrected chi connectivity index (χ0v) is 11.3. The summed E-state index contributed by atoms with van der Waals surface area (Å²) in [5.74, 6) is 0.393. The number of alkyl halides is 3. The van der Waals surface area contributed by atoms with Gasteiger partial charge in [-0.2, -0.15) is 13.2 Å². The highest BCUT2D eigenvalue weighted by atomic mass is 19.4. The second-order valence-electron chi connectivity index (χ2n) is 4.60. The molecule has 0 saturated carbocycles. The van der Waals surface area contributed by atoms with E-state index in [1.807, 2.05) is 0 Å². The predicted octanol–water partition coefficient (Wildman–Crippen LogP) is 4.41. The average molecular weight is 294 g/mol. The molecule has 0 N–H and O–H groups in total. The van der Waals surface area contributed by atoms with Gasteiger partial charge in [0.2, 0.25) is 0 Å². The van der Waals surface area contributed by atoms with Gasteiger partial charge in [-0.25, -0.2) is 0 Å². The summed E-state index contributed by atoms with van der Waals surface area (Å²) in [5, 5.41) is 0. The van der Waals surface area contributed by atoms with Crippen molar-refractivity contribution in [2.24, 2.45) is 0 Å². The van der Waals surface area contributed by atoms with E-state index in [0.29, 0.717) is 23.2 Å². The van der Waals surface area contributed by atoms with Crippen LogP contribution in [-0.2, 0) is 12.8 Å². The van der Waals surface area contributed by atoms with Gasteiger partial charge in [0.15, 0.2) is 6.29 Å². The number of hydrogen-bond donors (Lipinski definition) is 0. The van der Waals surface area contributed by atoms with Crippen LogP contribution < -0.4 is 4.74 Å². The number of carbonyl (C=O) groups is 1. The highest BCUT2D eigenvalue weighted by Crippen LogP contribution is 2.30. The van der Waals surface area contributed by atoms with E-state index in [0.717, 1.165) is 17.7 Å². The molecule has 0 saturated heterocycles. The first-order chi connectivity index (χ1) is 9.91. The molecule has 2 aromatic rings. The van der Waals surface area contributed by atoms with E-state index < -0.39 is 11.7 Å². The Morgan fingerprint density at radius 1 is 1.14 bits per heavy atom. The Morgan fingerprint density at radius 3 is 2.52 bits per heavy atom. The molecule has 0 aliphatic rings. The van der Waals surface area contributed by atoms with E-state index >= 15 is 0 Å². The third kappa shape index (κ3) is 3.62. The topological polar surface area (TPSA) is 26.3 Å². The number of hydrogen-bond acceptors (Lipinski definition) is 2. The first kappa shape index (κ1) is 15.1. The molecule has 0 spiro atoms. The lowest BCUT2D eigenvalue weighted by Crippen LogP contribution is -2.06. The van der Waals surface area contributed by atoms with Gasteiger partial charge in [0.25, 0.3) is 0 Å². The first-order valence-electron chi connectivity index (χ1n) is 6.25. The molecular formula is C16H13F3O2. The summed E-state index contributed by atoms with van der Waals surface area (Å²) in [6.45, 7) is 1.74. The molecule has 21 heavy (non-hydrogen) atoms. The second kappa shape index (κ2) is 5.99. The van der Waals surface area contributed by atoms with Crippen LogP contribution in [0.1, 0.15) is 27.0 Å². The van der Waals surface area contributed by atoms with E-state index in [9.17, 15) is 18.0 Å². The fraction of sp³-hybridized carbons (Fsp3) is 0.188. The number of halogens is 3. The van der Waals surface area contributed by atoms with Crippen LogP contribution in [0.4, 0.5) is 13.2 Å². The molecule has 0 amide bonds. The molecule has 2 nitrogen and oxygen atoms in total. The van der Waals surface area contributed by atoms with Crippen molar-refractivity contribution in [3.05, 3.63) is 64.7 Å². The van der Waals surface area contributed by atoms with Crippen LogP contribution >= 0.6 is 0 Å². The van der Waals surface area contributed by atoms with Crippen LogP contribution in [-0.4, -0.2) is 6.29 Å². The van der Waals surface area contributed by atoms with Crippen molar-refractivity contribution in [3.8, 4) is 5.75 Å². The lowest BCUT2D eigenvalue weighted by Gasteiger charge is -2.12.